The van der Waals surface area contributed by atoms with E-state index in [1.807, 2.05) is 6.92 Å². The molecule has 1 aromatic heterocycles. The van der Waals surface area contributed by atoms with E-state index >= 15 is 0 Å². The SMILES string of the molecule is Cc1ccc(C(=O)O)cc1Oc1ncccn1. The van der Waals surface area contributed by atoms with Gasteiger partial charge in [-0.1, -0.05) is 6.07 Å². The lowest BCUT2D eigenvalue weighted by atomic mass is 10.1. The zero-order valence-electron chi connectivity index (χ0n) is 9.12. The molecule has 5 heteroatoms. The average Bonchev–Trinajstić information content (AvgIpc) is 2.33. The van der Waals surface area contributed by atoms with Gasteiger partial charge < -0.3 is 9.84 Å². The number of benzene rings is 1. The first-order valence-electron chi connectivity index (χ1n) is 4.95. The van der Waals surface area contributed by atoms with Gasteiger partial charge in [-0.25, -0.2) is 14.8 Å². The molecule has 1 aromatic carbocycles. The third-order valence-corrected chi connectivity index (χ3v) is 2.18. The predicted molar refractivity (Wildman–Crippen MR) is 60.2 cm³/mol. The number of carbonyl (C=O) groups is 1. The van der Waals surface area contributed by atoms with Crippen LogP contribution >= 0.6 is 0 Å². The summed E-state index contributed by atoms with van der Waals surface area (Å²) in [6.45, 7) is 1.82. The molecule has 2 rings (SSSR count). The molecule has 86 valence electrons. The molecule has 1 heterocycles. The molecular formula is C12H10N2O3. The first kappa shape index (κ1) is 11.1. The maximum atomic E-state index is 10.8. The third kappa shape index (κ3) is 2.57. The second-order valence-electron chi connectivity index (χ2n) is 3.42. The molecule has 5 nitrogen and oxygen atoms in total. The topological polar surface area (TPSA) is 72.3 Å². The van der Waals surface area contributed by atoms with Crippen molar-refractivity contribution < 1.29 is 14.6 Å². The molecule has 0 aliphatic rings. The summed E-state index contributed by atoms with van der Waals surface area (Å²) in [5.74, 6) is -0.556. The summed E-state index contributed by atoms with van der Waals surface area (Å²) < 4.78 is 5.41. The monoisotopic (exact) mass is 230 g/mol. The van der Waals surface area contributed by atoms with Crippen LogP contribution in [0.2, 0.25) is 0 Å². The van der Waals surface area contributed by atoms with E-state index in [1.165, 1.54) is 12.1 Å². The highest BCUT2D eigenvalue weighted by Gasteiger charge is 2.08. The Morgan fingerprint density at radius 2 is 2.00 bits per heavy atom. The first-order chi connectivity index (χ1) is 8.16. The molecule has 0 radical (unpaired) electrons. The Hall–Kier alpha value is -2.43. The van der Waals surface area contributed by atoms with Gasteiger partial charge in [0.15, 0.2) is 0 Å². The van der Waals surface area contributed by atoms with Crippen molar-refractivity contribution in [2.45, 2.75) is 6.92 Å². The summed E-state index contributed by atoms with van der Waals surface area (Å²) in [7, 11) is 0. The van der Waals surface area contributed by atoms with Crippen molar-refractivity contribution in [3.8, 4) is 11.8 Å². The molecule has 0 amide bonds. The second kappa shape index (κ2) is 4.61. The number of carboxylic acids is 1. The zero-order chi connectivity index (χ0) is 12.3. The van der Waals surface area contributed by atoms with Crippen LogP contribution in [-0.4, -0.2) is 21.0 Å². The molecule has 1 N–H and O–H groups in total. The van der Waals surface area contributed by atoms with E-state index < -0.39 is 5.97 Å². The molecule has 0 aliphatic carbocycles. The summed E-state index contributed by atoms with van der Waals surface area (Å²) in [5, 5.41) is 8.88. The number of nitrogens with zero attached hydrogens (tertiary/aromatic N) is 2. The minimum Gasteiger partial charge on any atom is -0.478 e. The normalized spacial score (nSPS) is 9.94. The lowest BCUT2D eigenvalue weighted by Crippen LogP contribution is -1.98. The molecule has 0 spiro atoms. The summed E-state index contributed by atoms with van der Waals surface area (Å²) in [6.07, 6.45) is 3.11. The van der Waals surface area contributed by atoms with Crippen molar-refractivity contribution in [1.29, 1.82) is 0 Å². The van der Waals surface area contributed by atoms with Gasteiger partial charge in [0.1, 0.15) is 5.75 Å². The highest BCUT2D eigenvalue weighted by atomic mass is 16.5. The van der Waals surface area contributed by atoms with Crippen LogP contribution < -0.4 is 4.74 Å². The van der Waals surface area contributed by atoms with Crippen LogP contribution in [-0.2, 0) is 0 Å². The van der Waals surface area contributed by atoms with Crippen molar-refractivity contribution in [3.63, 3.8) is 0 Å². The second-order valence-corrected chi connectivity index (χ2v) is 3.42. The number of ether oxygens (including phenoxy) is 1. The van der Waals surface area contributed by atoms with Crippen LogP contribution in [0.4, 0.5) is 0 Å². The molecule has 0 fully saturated rings. The molecule has 0 bridgehead atoms. The molecule has 2 aromatic rings. The molecule has 0 atom stereocenters. The fraction of sp³-hybridized carbons (Fsp3) is 0.0833. The summed E-state index contributed by atoms with van der Waals surface area (Å²) in [5.41, 5.74) is 0.990. The number of aryl methyl sites for hydroxylation is 1. The predicted octanol–water partition coefficient (Wildman–Crippen LogP) is 2.28. The van der Waals surface area contributed by atoms with Crippen LogP contribution in [0, 0.1) is 6.92 Å². The number of rotatable bonds is 3. The fourth-order valence-electron chi connectivity index (χ4n) is 1.28. The Bertz CT molecular complexity index is 541. The minimum atomic E-state index is -0.996. The Morgan fingerprint density at radius 1 is 1.29 bits per heavy atom. The van der Waals surface area contributed by atoms with E-state index in [0.717, 1.165) is 5.56 Å². The van der Waals surface area contributed by atoms with Crippen LogP contribution in [0.15, 0.2) is 36.7 Å². The van der Waals surface area contributed by atoms with E-state index in [2.05, 4.69) is 9.97 Å². The van der Waals surface area contributed by atoms with Crippen molar-refractivity contribution in [2.24, 2.45) is 0 Å². The smallest absolute Gasteiger partial charge is 0.335 e. The number of hydrogen-bond donors (Lipinski definition) is 1. The number of aromatic nitrogens is 2. The van der Waals surface area contributed by atoms with E-state index in [1.54, 1.807) is 24.5 Å². The molecular weight excluding hydrogens is 220 g/mol. The van der Waals surface area contributed by atoms with Gasteiger partial charge in [-0.05, 0) is 30.7 Å². The van der Waals surface area contributed by atoms with Gasteiger partial charge >= 0.3 is 12.0 Å². The number of carboxylic acid groups (broad SMARTS) is 1. The van der Waals surface area contributed by atoms with Gasteiger partial charge in [-0.15, -0.1) is 0 Å². The highest BCUT2D eigenvalue weighted by Crippen LogP contribution is 2.23. The summed E-state index contributed by atoms with van der Waals surface area (Å²) >= 11 is 0. The number of aromatic carboxylic acids is 1. The maximum Gasteiger partial charge on any atom is 0.335 e. The summed E-state index contributed by atoms with van der Waals surface area (Å²) in [6, 6.07) is 6.53. The standard InChI is InChI=1S/C12H10N2O3/c1-8-3-4-9(11(15)16)7-10(8)17-12-13-5-2-6-14-12/h2-7H,1H3,(H,15,16). The Kier molecular flexibility index (Phi) is 3.00. The average molecular weight is 230 g/mol. The van der Waals surface area contributed by atoms with Crippen LogP contribution in [0.25, 0.3) is 0 Å². The van der Waals surface area contributed by atoms with Crippen molar-refractivity contribution in [1.82, 2.24) is 9.97 Å². The van der Waals surface area contributed by atoms with Crippen molar-refractivity contribution in [2.75, 3.05) is 0 Å². The first-order valence-corrected chi connectivity index (χ1v) is 4.95. The van der Waals surface area contributed by atoms with Gasteiger partial charge in [0.25, 0.3) is 0 Å². The molecule has 0 saturated carbocycles. The van der Waals surface area contributed by atoms with E-state index in [-0.39, 0.29) is 11.6 Å². The van der Waals surface area contributed by atoms with Crippen LogP contribution in [0.1, 0.15) is 15.9 Å². The minimum absolute atomic E-state index is 0.168. The fourth-order valence-corrected chi connectivity index (χ4v) is 1.28. The van der Waals surface area contributed by atoms with Gasteiger partial charge in [-0.2, -0.15) is 0 Å². The van der Waals surface area contributed by atoms with Crippen LogP contribution in [0.5, 0.6) is 11.8 Å². The number of hydrogen-bond acceptors (Lipinski definition) is 4. The maximum absolute atomic E-state index is 10.8. The van der Waals surface area contributed by atoms with E-state index in [4.69, 9.17) is 9.84 Å². The molecule has 0 aliphatic heterocycles. The Morgan fingerprint density at radius 3 is 2.65 bits per heavy atom. The lowest BCUT2D eigenvalue weighted by Gasteiger charge is -2.07. The summed E-state index contributed by atoms with van der Waals surface area (Å²) in [4.78, 5) is 18.6. The van der Waals surface area contributed by atoms with Gasteiger partial charge in [-0.3, -0.25) is 0 Å². The van der Waals surface area contributed by atoms with Crippen molar-refractivity contribution >= 4 is 5.97 Å². The van der Waals surface area contributed by atoms with Crippen LogP contribution in [0.3, 0.4) is 0 Å². The molecule has 0 unspecified atom stereocenters. The van der Waals surface area contributed by atoms with Gasteiger partial charge in [0, 0.05) is 12.4 Å². The molecule has 0 saturated heterocycles. The van der Waals surface area contributed by atoms with Gasteiger partial charge in [0.05, 0.1) is 5.56 Å². The highest BCUT2D eigenvalue weighted by molar-refractivity contribution is 5.88. The van der Waals surface area contributed by atoms with E-state index in [9.17, 15) is 4.79 Å². The quantitative estimate of drug-likeness (QED) is 0.875. The zero-order valence-corrected chi connectivity index (χ0v) is 9.12. The molecule has 17 heavy (non-hydrogen) atoms. The van der Waals surface area contributed by atoms with Gasteiger partial charge in [0.2, 0.25) is 0 Å². The van der Waals surface area contributed by atoms with E-state index in [0.29, 0.717) is 5.75 Å². The van der Waals surface area contributed by atoms with Crippen molar-refractivity contribution in [3.05, 3.63) is 47.8 Å². The lowest BCUT2D eigenvalue weighted by molar-refractivity contribution is 0.0696. The third-order valence-electron chi connectivity index (χ3n) is 2.18. The Labute approximate surface area is 97.7 Å². The Balaban J connectivity index is 2.32. The largest absolute Gasteiger partial charge is 0.478 e.